The molecule has 0 bridgehead atoms. The van der Waals surface area contributed by atoms with E-state index in [1.807, 2.05) is 27.7 Å². The summed E-state index contributed by atoms with van der Waals surface area (Å²) in [5, 5.41) is 9.17. The van der Waals surface area contributed by atoms with Crippen molar-refractivity contribution in [3.63, 3.8) is 0 Å². The Kier molecular flexibility index (Phi) is 8.41. The molecule has 0 aliphatic carbocycles. The van der Waals surface area contributed by atoms with Gasteiger partial charge in [0.05, 0.1) is 13.1 Å². The summed E-state index contributed by atoms with van der Waals surface area (Å²) in [6, 6.07) is 8.41. The van der Waals surface area contributed by atoms with Crippen LogP contribution in [0.1, 0.15) is 38.8 Å². The van der Waals surface area contributed by atoms with E-state index in [0.29, 0.717) is 12.5 Å². The molecule has 0 atom stereocenters. The van der Waals surface area contributed by atoms with Crippen molar-refractivity contribution < 1.29 is 4.79 Å². The molecule has 0 aromatic heterocycles. The first-order valence-electron chi connectivity index (χ1n) is 8.75. The van der Waals surface area contributed by atoms with E-state index < -0.39 is 0 Å². The highest BCUT2D eigenvalue weighted by molar-refractivity contribution is 5.86. The molecule has 0 saturated heterocycles. The zero-order valence-corrected chi connectivity index (χ0v) is 16.4. The highest BCUT2D eigenvalue weighted by Crippen LogP contribution is 2.08. The van der Waals surface area contributed by atoms with Crippen molar-refractivity contribution in [2.45, 2.75) is 46.3 Å². The molecule has 0 saturated carbocycles. The van der Waals surface area contributed by atoms with Gasteiger partial charge in [-0.1, -0.05) is 24.3 Å². The van der Waals surface area contributed by atoms with Gasteiger partial charge in [-0.05, 0) is 52.9 Å². The molecule has 1 aromatic rings. The monoisotopic (exact) mass is 347 g/mol. The standard InChI is InChI=1S/C19H33N5O/c1-7-20-18(22-13-17(25)23-19(2,3)4)21-12-15-9-8-10-16(11-15)14-24(5)6/h8-11H,7,12-14H2,1-6H3,(H,23,25)(H2,20,21,22). The van der Waals surface area contributed by atoms with Crippen LogP contribution in [0.25, 0.3) is 0 Å². The summed E-state index contributed by atoms with van der Waals surface area (Å²) < 4.78 is 0. The lowest BCUT2D eigenvalue weighted by atomic mass is 10.1. The molecule has 1 rings (SSSR count). The van der Waals surface area contributed by atoms with E-state index in [1.165, 1.54) is 5.56 Å². The zero-order chi connectivity index (χ0) is 18.9. The van der Waals surface area contributed by atoms with Crippen LogP contribution in [0.2, 0.25) is 0 Å². The van der Waals surface area contributed by atoms with Crippen LogP contribution in [0, 0.1) is 0 Å². The van der Waals surface area contributed by atoms with E-state index in [9.17, 15) is 4.79 Å². The van der Waals surface area contributed by atoms with Gasteiger partial charge in [-0.15, -0.1) is 0 Å². The van der Waals surface area contributed by atoms with E-state index >= 15 is 0 Å². The van der Waals surface area contributed by atoms with Gasteiger partial charge in [0.1, 0.15) is 0 Å². The van der Waals surface area contributed by atoms with Crippen LogP contribution >= 0.6 is 0 Å². The van der Waals surface area contributed by atoms with Gasteiger partial charge in [0.25, 0.3) is 0 Å². The van der Waals surface area contributed by atoms with E-state index in [0.717, 1.165) is 18.7 Å². The fourth-order valence-electron chi connectivity index (χ4n) is 2.33. The predicted molar refractivity (Wildman–Crippen MR) is 105 cm³/mol. The third-order valence-electron chi connectivity index (χ3n) is 3.18. The Bertz CT molecular complexity index is 575. The number of hydrogen-bond acceptors (Lipinski definition) is 3. The highest BCUT2D eigenvalue weighted by atomic mass is 16.2. The van der Waals surface area contributed by atoms with Gasteiger partial charge >= 0.3 is 0 Å². The first-order valence-corrected chi connectivity index (χ1v) is 8.75. The molecule has 6 nitrogen and oxygen atoms in total. The Labute approximate surface area is 152 Å². The van der Waals surface area contributed by atoms with Crippen LogP contribution in [-0.4, -0.2) is 49.5 Å². The summed E-state index contributed by atoms with van der Waals surface area (Å²) in [4.78, 5) is 18.6. The number of benzene rings is 1. The molecule has 0 aliphatic rings. The van der Waals surface area contributed by atoms with Crippen molar-refractivity contribution in [2.24, 2.45) is 4.99 Å². The van der Waals surface area contributed by atoms with Crippen LogP contribution in [0.15, 0.2) is 29.3 Å². The van der Waals surface area contributed by atoms with Crippen LogP contribution in [0.4, 0.5) is 0 Å². The SMILES string of the molecule is CCNC(=NCc1cccc(CN(C)C)c1)NCC(=O)NC(C)(C)C. The van der Waals surface area contributed by atoms with Crippen LogP contribution in [0.5, 0.6) is 0 Å². The van der Waals surface area contributed by atoms with Gasteiger partial charge in [-0.3, -0.25) is 4.79 Å². The molecule has 0 aliphatic heterocycles. The second kappa shape index (κ2) is 10.0. The fourth-order valence-corrected chi connectivity index (χ4v) is 2.33. The Balaban J connectivity index is 2.64. The number of nitrogens with one attached hydrogen (secondary N) is 3. The van der Waals surface area contributed by atoms with Crippen molar-refractivity contribution in [1.82, 2.24) is 20.9 Å². The van der Waals surface area contributed by atoms with Crippen molar-refractivity contribution >= 4 is 11.9 Å². The van der Waals surface area contributed by atoms with Crippen LogP contribution in [0.3, 0.4) is 0 Å². The molecule has 3 N–H and O–H groups in total. The van der Waals surface area contributed by atoms with Gasteiger partial charge < -0.3 is 20.9 Å². The van der Waals surface area contributed by atoms with E-state index in [2.05, 4.69) is 64.2 Å². The Morgan fingerprint density at radius 2 is 1.84 bits per heavy atom. The molecule has 6 heteroatoms. The van der Waals surface area contributed by atoms with Gasteiger partial charge in [0.15, 0.2) is 5.96 Å². The predicted octanol–water partition coefficient (Wildman–Crippen LogP) is 1.72. The highest BCUT2D eigenvalue weighted by Gasteiger charge is 2.13. The molecule has 0 fully saturated rings. The molecule has 25 heavy (non-hydrogen) atoms. The molecule has 140 valence electrons. The first-order chi connectivity index (χ1) is 11.7. The molecule has 1 aromatic carbocycles. The number of carbonyl (C=O) groups is 1. The minimum atomic E-state index is -0.235. The summed E-state index contributed by atoms with van der Waals surface area (Å²) in [5.74, 6) is 0.593. The Morgan fingerprint density at radius 3 is 2.44 bits per heavy atom. The largest absolute Gasteiger partial charge is 0.357 e. The van der Waals surface area contributed by atoms with Gasteiger partial charge in [0.2, 0.25) is 5.91 Å². The maximum atomic E-state index is 11.9. The van der Waals surface area contributed by atoms with Crippen molar-refractivity contribution in [3.05, 3.63) is 35.4 Å². The lowest BCUT2D eigenvalue weighted by molar-refractivity contribution is -0.121. The summed E-state index contributed by atoms with van der Waals surface area (Å²) in [6.45, 7) is 10.3. The first kappa shape index (κ1) is 21.0. The van der Waals surface area contributed by atoms with E-state index in [4.69, 9.17) is 0 Å². The van der Waals surface area contributed by atoms with E-state index in [-0.39, 0.29) is 18.0 Å². The number of rotatable bonds is 7. The summed E-state index contributed by atoms with van der Waals surface area (Å²) in [5.41, 5.74) is 2.18. The second-order valence-electron chi connectivity index (χ2n) is 7.40. The lowest BCUT2D eigenvalue weighted by Gasteiger charge is -2.21. The third kappa shape index (κ3) is 9.72. The quantitative estimate of drug-likeness (QED) is 0.519. The molecule has 0 radical (unpaired) electrons. The van der Waals surface area contributed by atoms with Crippen molar-refractivity contribution in [3.8, 4) is 0 Å². The number of carbonyl (C=O) groups excluding carboxylic acids is 1. The lowest BCUT2D eigenvalue weighted by Crippen LogP contribution is -2.48. The molecule has 1 amide bonds. The average Bonchev–Trinajstić information content (AvgIpc) is 2.48. The number of nitrogens with zero attached hydrogens (tertiary/aromatic N) is 2. The fraction of sp³-hybridized carbons (Fsp3) is 0.579. The molecular weight excluding hydrogens is 314 g/mol. The number of guanidine groups is 1. The minimum Gasteiger partial charge on any atom is -0.357 e. The van der Waals surface area contributed by atoms with Crippen LogP contribution in [-0.2, 0) is 17.9 Å². The van der Waals surface area contributed by atoms with Crippen LogP contribution < -0.4 is 16.0 Å². The van der Waals surface area contributed by atoms with Gasteiger partial charge in [-0.2, -0.15) is 0 Å². The molecular formula is C19H33N5O. The summed E-state index contributed by atoms with van der Waals surface area (Å²) in [6.07, 6.45) is 0. The van der Waals surface area contributed by atoms with Gasteiger partial charge in [0, 0.05) is 18.6 Å². The number of hydrogen-bond donors (Lipinski definition) is 3. The third-order valence-corrected chi connectivity index (χ3v) is 3.18. The topological polar surface area (TPSA) is 68.8 Å². The molecule has 0 spiro atoms. The average molecular weight is 348 g/mol. The van der Waals surface area contributed by atoms with Crippen molar-refractivity contribution in [1.29, 1.82) is 0 Å². The summed E-state index contributed by atoms with van der Waals surface area (Å²) >= 11 is 0. The van der Waals surface area contributed by atoms with Gasteiger partial charge in [-0.25, -0.2) is 4.99 Å². The zero-order valence-electron chi connectivity index (χ0n) is 16.4. The van der Waals surface area contributed by atoms with E-state index in [1.54, 1.807) is 0 Å². The number of aliphatic imine (C=N–C) groups is 1. The van der Waals surface area contributed by atoms with Crippen molar-refractivity contribution in [2.75, 3.05) is 27.2 Å². The second-order valence-corrected chi connectivity index (χ2v) is 7.40. The Morgan fingerprint density at radius 1 is 1.16 bits per heavy atom. The summed E-state index contributed by atoms with van der Waals surface area (Å²) in [7, 11) is 4.11. The maximum absolute atomic E-state index is 11.9. The molecule has 0 heterocycles. The maximum Gasteiger partial charge on any atom is 0.239 e. The smallest absolute Gasteiger partial charge is 0.239 e. The number of amides is 1. The molecule has 0 unspecified atom stereocenters. The minimum absolute atomic E-state index is 0.0499. The normalized spacial score (nSPS) is 12.2. The Hall–Kier alpha value is -2.08.